The molecule has 0 aliphatic heterocycles. The molecule has 1 aromatic heterocycles. The molecular formula is C9H9BrO. The molecule has 0 fully saturated rings. The van der Waals surface area contributed by atoms with Gasteiger partial charge < -0.3 is 4.42 Å². The van der Waals surface area contributed by atoms with Gasteiger partial charge in [0.2, 0.25) is 0 Å². The van der Waals surface area contributed by atoms with Crippen molar-refractivity contribution in [1.29, 1.82) is 0 Å². The standard InChI is InChI=1S/C9H9BrO/c1-2-6-3-7-8(10)5-11-9(7)4-6/h3,5H,2,4H2,1H3. The third-order valence-corrected chi connectivity index (χ3v) is 2.67. The summed E-state index contributed by atoms with van der Waals surface area (Å²) in [6.07, 6.45) is 6.09. The van der Waals surface area contributed by atoms with Crippen molar-refractivity contribution in [3.8, 4) is 0 Å². The van der Waals surface area contributed by atoms with E-state index in [9.17, 15) is 0 Å². The van der Waals surface area contributed by atoms with Gasteiger partial charge in [0.25, 0.3) is 0 Å². The normalized spacial score (nSPS) is 14.9. The molecule has 58 valence electrons. The summed E-state index contributed by atoms with van der Waals surface area (Å²) < 4.78 is 6.42. The Morgan fingerprint density at radius 2 is 2.45 bits per heavy atom. The number of allylic oxidation sites excluding steroid dienone is 1. The van der Waals surface area contributed by atoms with E-state index in [4.69, 9.17) is 4.42 Å². The lowest BCUT2D eigenvalue weighted by Gasteiger charge is -1.91. The molecular weight excluding hydrogens is 204 g/mol. The van der Waals surface area contributed by atoms with Gasteiger partial charge in [-0.2, -0.15) is 0 Å². The van der Waals surface area contributed by atoms with Crippen molar-refractivity contribution in [2.45, 2.75) is 19.8 Å². The number of furan rings is 1. The molecule has 0 bridgehead atoms. The van der Waals surface area contributed by atoms with Crippen molar-refractivity contribution in [3.05, 3.63) is 27.6 Å². The van der Waals surface area contributed by atoms with Crippen LogP contribution in [0, 0.1) is 0 Å². The van der Waals surface area contributed by atoms with Crippen molar-refractivity contribution in [2.75, 3.05) is 0 Å². The second kappa shape index (κ2) is 2.52. The molecule has 2 heteroatoms. The number of hydrogen-bond acceptors (Lipinski definition) is 1. The minimum Gasteiger partial charge on any atom is -0.467 e. The van der Waals surface area contributed by atoms with E-state index in [2.05, 4.69) is 28.9 Å². The van der Waals surface area contributed by atoms with Crippen molar-refractivity contribution < 1.29 is 4.42 Å². The lowest BCUT2D eigenvalue weighted by Crippen LogP contribution is -1.78. The van der Waals surface area contributed by atoms with Crippen LogP contribution in [0.3, 0.4) is 0 Å². The molecule has 0 spiro atoms. The molecule has 1 aliphatic carbocycles. The molecule has 1 nitrogen and oxygen atoms in total. The quantitative estimate of drug-likeness (QED) is 0.696. The Labute approximate surface area is 74.2 Å². The van der Waals surface area contributed by atoms with Gasteiger partial charge >= 0.3 is 0 Å². The summed E-state index contributed by atoms with van der Waals surface area (Å²) in [5.74, 6) is 1.11. The molecule has 11 heavy (non-hydrogen) atoms. The maximum absolute atomic E-state index is 5.34. The molecule has 0 unspecified atom stereocenters. The van der Waals surface area contributed by atoms with Gasteiger partial charge in [-0.15, -0.1) is 0 Å². The van der Waals surface area contributed by atoms with Crippen molar-refractivity contribution in [1.82, 2.24) is 0 Å². The summed E-state index contributed by atoms with van der Waals surface area (Å²) in [6, 6.07) is 0. The van der Waals surface area contributed by atoms with Gasteiger partial charge in [-0.05, 0) is 22.4 Å². The third-order valence-electron chi connectivity index (χ3n) is 2.05. The maximum atomic E-state index is 5.34. The van der Waals surface area contributed by atoms with E-state index in [0.717, 1.165) is 23.1 Å². The molecule has 1 aliphatic rings. The second-order valence-electron chi connectivity index (χ2n) is 2.75. The first kappa shape index (κ1) is 7.17. The van der Waals surface area contributed by atoms with Crippen LogP contribution in [0.15, 0.2) is 20.7 Å². The Bertz CT molecular complexity index is 309. The van der Waals surface area contributed by atoms with Crippen LogP contribution >= 0.6 is 15.9 Å². The van der Waals surface area contributed by atoms with Crippen molar-refractivity contribution >= 4 is 22.0 Å². The Morgan fingerprint density at radius 3 is 3.09 bits per heavy atom. The van der Waals surface area contributed by atoms with E-state index in [1.807, 2.05) is 0 Å². The van der Waals surface area contributed by atoms with Gasteiger partial charge in [0.05, 0.1) is 4.47 Å². The predicted molar refractivity (Wildman–Crippen MR) is 48.4 cm³/mol. The van der Waals surface area contributed by atoms with Crippen molar-refractivity contribution in [3.63, 3.8) is 0 Å². The fourth-order valence-electron chi connectivity index (χ4n) is 1.36. The molecule has 0 atom stereocenters. The highest BCUT2D eigenvalue weighted by atomic mass is 79.9. The van der Waals surface area contributed by atoms with Gasteiger partial charge in [-0.1, -0.05) is 18.6 Å². The van der Waals surface area contributed by atoms with Gasteiger partial charge in [-0.3, -0.25) is 0 Å². The van der Waals surface area contributed by atoms with E-state index in [1.54, 1.807) is 6.26 Å². The predicted octanol–water partition coefficient (Wildman–Crippen LogP) is 3.39. The average Bonchev–Trinajstić information content (AvgIpc) is 2.53. The number of fused-ring (bicyclic) bond motifs is 1. The first-order valence-corrected chi connectivity index (χ1v) is 4.56. The van der Waals surface area contributed by atoms with Crippen LogP contribution in [0.4, 0.5) is 0 Å². The van der Waals surface area contributed by atoms with E-state index < -0.39 is 0 Å². The van der Waals surface area contributed by atoms with Crippen LogP contribution in [-0.4, -0.2) is 0 Å². The van der Waals surface area contributed by atoms with E-state index in [0.29, 0.717) is 0 Å². The van der Waals surface area contributed by atoms with E-state index in [1.165, 1.54) is 11.1 Å². The molecule has 1 aromatic rings. The van der Waals surface area contributed by atoms with Crippen LogP contribution in [0.2, 0.25) is 0 Å². The fourth-order valence-corrected chi connectivity index (χ4v) is 1.79. The van der Waals surface area contributed by atoms with Crippen LogP contribution in [0.1, 0.15) is 24.7 Å². The van der Waals surface area contributed by atoms with E-state index >= 15 is 0 Å². The molecule has 0 saturated heterocycles. The third kappa shape index (κ3) is 1.06. The summed E-state index contributed by atoms with van der Waals surface area (Å²) in [7, 11) is 0. The first-order valence-electron chi connectivity index (χ1n) is 3.76. The zero-order valence-electron chi connectivity index (χ0n) is 6.36. The minimum atomic E-state index is 0.997. The summed E-state index contributed by atoms with van der Waals surface area (Å²) >= 11 is 3.44. The summed E-state index contributed by atoms with van der Waals surface area (Å²) in [5.41, 5.74) is 2.70. The van der Waals surface area contributed by atoms with Gasteiger partial charge in [0, 0.05) is 12.0 Å². The summed E-state index contributed by atoms with van der Waals surface area (Å²) in [6.45, 7) is 2.17. The second-order valence-corrected chi connectivity index (χ2v) is 3.61. The minimum absolute atomic E-state index is 0.997. The van der Waals surface area contributed by atoms with Crippen LogP contribution in [0.25, 0.3) is 6.08 Å². The lowest BCUT2D eigenvalue weighted by atomic mass is 10.2. The molecule has 1 heterocycles. The molecule has 0 radical (unpaired) electrons. The molecule has 0 saturated carbocycles. The summed E-state index contributed by atoms with van der Waals surface area (Å²) in [5, 5.41) is 0. The topological polar surface area (TPSA) is 13.1 Å². The average molecular weight is 213 g/mol. The van der Waals surface area contributed by atoms with Crippen molar-refractivity contribution in [2.24, 2.45) is 0 Å². The van der Waals surface area contributed by atoms with Gasteiger partial charge in [0.1, 0.15) is 12.0 Å². The zero-order chi connectivity index (χ0) is 7.84. The Hall–Kier alpha value is -0.500. The van der Waals surface area contributed by atoms with Gasteiger partial charge in [-0.25, -0.2) is 0 Å². The lowest BCUT2D eigenvalue weighted by molar-refractivity contribution is 0.519. The van der Waals surface area contributed by atoms with E-state index in [-0.39, 0.29) is 0 Å². The monoisotopic (exact) mass is 212 g/mol. The smallest absolute Gasteiger partial charge is 0.116 e. The van der Waals surface area contributed by atoms with Crippen LogP contribution in [0.5, 0.6) is 0 Å². The largest absolute Gasteiger partial charge is 0.467 e. The first-order chi connectivity index (χ1) is 5.31. The SMILES string of the molecule is CCC1=Cc2c(Br)coc2C1. The molecule has 0 amide bonds. The zero-order valence-corrected chi connectivity index (χ0v) is 7.94. The number of rotatable bonds is 1. The Morgan fingerprint density at radius 1 is 1.64 bits per heavy atom. The fraction of sp³-hybridized carbons (Fsp3) is 0.333. The molecule has 0 aromatic carbocycles. The highest BCUT2D eigenvalue weighted by Crippen LogP contribution is 2.33. The highest BCUT2D eigenvalue weighted by molar-refractivity contribution is 9.10. The van der Waals surface area contributed by atoms with Crippen LogP contribution < -0.4 is 0 Å². The highest BCUT2D eigenvalue weighted by Gasteiger charge is 2.17. The Kier molecular flexibility index (Phi) is 1.64. The van der Waals surface area contributed by atoms with Crippen LogP contribution in [-0.2, 0) is 6.42 Å². The summed E-state index contributed by atoms with van der Waals surface area (Å²) in [4.78, 5) is 0. The number of hydrogen-bond donors (Lipinski definition) is 0. The van der Waals surface area contributed by atoms with Gasteiger partial charge in [0.15, 0.2) is 0 Å². The Balaban J connectivity index is 2.43. The number of halogens is 1. The maximum Gasteiger partial charge on any atom is 0.116 e. The molecule has 2 rings (SSSR count). The molecule has 0 N–H and O–H groups in total.